The molecule has 2 aromatic carbocycles. The number of hydrogen-bond donors (Lipinski definition) is 2. The number of halogens is 1. The van der Waals surface area contributed by atoms with E-state index >= 15 is 0 Å². The minimum absolute atomic E-state index is 0.161. The van der Waals surface area contributed by atoms with Crippen LogP contribution in [-0.4, -0.2) is 51.2 Å². The minimum Gasteiger partial charge on any atom is -0.495 e. The molecule has 2 aromatic rings. The van der Waals surface area contributed by atoms with Crippen LogP contribution in [0.5, 0.6) is 5.75 Å². The number of thiocarbonyl (C=S) groups is 1. The Morgan fingerprint density at radius 2 is 1.82 bits per heavy atom. The molecule has 0 radical (unpaired) electrons. The predicted molar refractivity (Wildman–Crippen MR) is 114 cm³/mol. The largest absolute Gasteiger partial charge is 0.495 e. The van der Waals surface area contributed by atoms with Gasteiger partial charge in [-0.15, -0.1) is 0 Å². The molecule has 0 aliphatic carbocycles. The lowest BCUT2D eigenvalue weighted by molar-refractivity contribution is 0.0730. The molecule has 1 heterocycles. The third-order valence-electron chi connectivity index (χ3n) is 4.13. The Morgan fingerprint density at radius 1 is 1.14 bits per heavy atom. The van der Waals surface area contributed by atoms with E-state index in [0.29, 0.717) is 47.9 Å². The van der Waals surface area contributed by atoms with Gasteiger partial charge in [-0.1, -0.05) is 11.6 Å². The number of morpholine rings is 1. The Bertz CT molecular complexity index is 946. The number of benzene rings is 2. The van der Waals surface area contributed by atoms with Gasteiger partial charge >= 0.3 is 0 Å². The van der Waals surface area contributed by atoms with Crippen LogP contribution in [0, 0.1) is 0 Å². The number of hydrogen-bond acceptors (Lipinski definition) is 5. The van der Waals surface area contributed by atoms with Gasteiger partial charge < -0.3 is 20.1 Å². The number of ether oxygens (including phenoxy) is 2. The van der Waals surface area contributed by atoms with Crippen molar-refractivity contribution in [1.29, 1.82) is 0 Å². The number of sulfonamides is 1. The van der Waals surface area contributed by atoms with Gasteiger partial charge in [0.2, 0.25) is 10.0 Å². The third-order valence-corrected chi connectivity index (χ3v) is 6.48. The van der Waals surface area contributed by atoms with Gasteiger partial charge in [-0.2, -0.15) is 4.31 Å². The van der Waals surface area contributed by atoms with E-state index in [1.807, 2.05) is 0 Å². The van der Waals surface area contributed by atoms with Crippen molar-refractivity contribution < 1.29 is 17.9 Å². The summed E-state index contributed by atoms with van der Waals surface area (Å²) in [5.41, 5.74) is 1.32. The van der Waals surface area contributed by atoms with Crippen LogP contribution >= 0.6 is 23.8 Å². The molecule has 0 bridgehead atoms. The molecule has 0 atom stereocenters. The molecule has 1 fully saturated rings. The highest BCUT2D eigenvalue weighted by Gasteiger charge is 2.27. The van der Waals surface area contributed by atoms with Gasteiger partial charge in [-0.3, -0.25) is 0 Å². The van der Waals surface area contributed by atoms with Crippen molar-refractivity contribution in [3.05, 3.63) is 47.5 Å². The maximum atomic E-state index is 12.8. The molecule has 0 unspecified atom stereocenters. The predicted octanol–water partition coefficient (Wildman–Crippen LogP) is 3.18. The quantitative estimate of drug-likeness (QED) is 0.690. The van der Waals surface area contributed by atoms with Gasteiger partial charge in [0.25, 0.3) is 0 Å². The van der Waals surface area contributed by atoms with Crippen molar-refractivity contribution in [2.75, 3.05) is 44.0 Å². The van der Waals surface area contributed by atoms with E-state index in [4.69, 9.17) is 33.3 Å². The molecule has 0 amide bonds. The summed E-state index contributed by atoms with van der Waals surface area (Å²) in [5.74, 6) is 0.370. The number of nitrogens with zero attached hydrogens (tertiary/aromatic N) is 1. The first kappa shape index (κ1) is 20.8. The topological polar surface area (TPSA) is 79.9 Å². The lowest BCUT2D eigenvalue weighted by atomic mass is 10.3. The normalized spacial score (nSPS) is 15.1. The third kappa shape index (κ3) is 4.92. The lowest BCUT2D eigenvalue weighted by Gasteiger charge is -2.26. The number of methoxy groups -OCH3 is 1. The van der Waals surface area contributed by atoms with E-state index in [9.17, 15) is 8.42 Å². The number of anilines is 2. The maximum Gasteiger partial charge on any atom is 0.243 e. The molecule has 1 saturated heterocycles. The van der Waals surface area contributed by atoms with Crippen molar-refractivity contribution in [1.82, 2.24) is 4.31 Å². The van der Waals surface area contributed by atoms with Crippen molar-refractivity contribution in [2.45, 2.75) is 4.90 Å². The van der Waals surface area contributed by atoms with E-state index in [0.717, 1.165) is 5.69 Å². The van der Waals surface area contributed by atoms with E-state index in [-0.39, 0.29) is 4.90 Å². The second-order valence-corrected chi connectivity index (χ2v) is 8.75. The van der Waals surface area contributed by atoms with Gasteiger partial charge in [0, 0.05) is 29.9 Å². The molecule has 3 rings (SSSR count). The molecular weight excluding hydrogens is 422 g/mol. The van der Waals surface area contributed by atoms with Crippen LogP contribution in [-0.2, 0) is 14.8 Å². The summed E-state index contributed by atoms with van der Waals surface area (Å²) in [6, 6.07) is 11.7. The zero-order valence-corrected chi connectivity index (χ0v) is 17.5. The van der Waals surface area contributed by atoms with Crippen LogP contribution in [0.3, 0.4) is 0 Å². The van der Waals surface area contributed by atoms with E-state index in [1.54, 1.807) is 30.3 Å². The average Bonchev–Trinajstić information content (AvgIpc) is 2.70. The van der Waals surface area contributed by atoms with Gasteiger partial charge in [-0.05, 0) is 48.6 Å². The molecule has 28 heavy (non-hydrogen) atoms. The van der Waals surface area contributed by atoms with Gasteiger partial charge in [0.15, 0.2) is 5.11 Å². The van der Waals surface area contributed by atoms with Gasteiger partial charge in [0.1, 0.15) is 5.75 Å². The fraction of sp³-hybridized carbons (Fsp3) is 0.278. The minimum atomic E-state index is -3.61. The first-order valence-electron chi connectivity index (χ1n) is 8.49. The standard InChI is InChI=1S/C18H20ClN3O4S2/c1-25-17-12-15(28(23,24)22-8-10-26-11-9-22)6-7-16(17)21-18(27)20-14-4-2-13(19)3-5-14/h2-7,12H,8-11H2,1H3,(H2,20,21,27). The SMILES string of the molecule is COc1cc(S(=O)(=O)N2CCOCC2)ccc1NC(=S)Nc1ccc(Cl)cc1. The van der Waals surface area contributed by atoms with Crippen LogP contribution in [0.4, 0.5) is 11.4 Å². The Labute approximate surface area is 174 Å². The van der Waals surface area contributed by atoms with Crippen molar-refractivity contribution in [3.63, 3.8) is 0 Å². The molecule has 7 nitrogen and oxygen atoms in total. The smallest absolute Gasteiger partial charge is 0.243 e. The van der Waals surface area contributed by atoms with Gasteiger partial charge in [0.05, 0.1) is 30.9 Å². The fourth-order valence-corrected chi connectivity index (χ4v) is 4.47. The molecule has 1 aliphatic heterocycles. The average molecular weight is 442 g/mol. The molecule has 0 spiro atoms. The Morgan fingerprint density at radius 3 is 2.46 bits per heavy atom. The lowest BCUT2D eigenvalue weighted by Crippen LogP contribution is -2.40. The van der Waals surface area contributed by atoms with Crippen molar-refractivity contribution in [2.24, 2.45) is 0 Å². The van der Waals surface area contributed by atoms with Crippen molar-refractivity contribution in [3.8, 4) is 5.75 Å². The summed E-state index contributed by atoms with van der Waals surface area (Å²) in [6.45, 7) is 1.45. The van der Waals surface area contributed by atoms with E-state index in [2.05, 4.69) is 10.6 Å². The maximum absolute atomic E-state index is 12.8. The van der Waals surface area contributed by atoms with Crippen LogP contribution < -0.4 is 15.4 Å². The number of nitrogens with one attached hydrogen (secondary N) is 2. The van der Waals surface area contributed by atoms with Crippen LogP contribution in [0.2, 0.25) is 5.02 Å². The monoisotopic (exact) mass is 441 g/mol. The zero-order valence-electron chi connectivity index (χ0n) is 15.1. The molecule has 0 saturated carbocycles. The summed E-state index contributed by atoms with van der Waals surface area (Å²) < 4.78 is 37.6. The number of rotatable bonds is 5. The second-order valence-electron chi connectivity index (χ2n) is 5.96. The Balaban J connectivity index is 1.75. The molecule has 1 aliphatic rings. The van der Waals surface area contributed by atoms with Crippen LogP contribution in [0.15, 0.2) is 47.4 Å². The van der Waals surface area contributed by atoms with Gasteiger partial charge in [-0.25, -0.2) is 8.42 Å². The molecule has 10 heteroatoms. The van der Waals surface area contributed by atoms with Crippen LogP contribution in [0.25, 0.3) is 0 Å². The second kappa shape index (κ2) is 9.06. The summed E-state index contributed by atoms with van der Waals surface area (Å²) in [5, 5.41) is 7.01. The summed E-state index contributed by atoms with van der Waals surface area (Å²) >= 11 is 11.2. The fourth-order valence-electron chi connectivity index (χ4n) is 2.69. The summed E-state index contributed by atoms with van der Waals surface area (Å²) in [4.78, 5) is 0.161. The highest BCUT2D eigenvalue weighted by molar-refractivity contribution is 7.89. The summed E-state index contributed by atoms with van der Waals surface area (Å²) in [7, 11) is -2.13. The first-order chi connectivity index (χ1) is 13.4. The molecular formula is C18H20ClN3O4S2. The molecule has 150 valence electrons. The Kier molecular flexibility index (Phi) is 6.73. The zero-order chi connectivity index (χ0) is 20.1. The highest BCUT2D eigenvalue weighted by atomic mass is 35.5. The molecule has 0 aromatic heterocycles. The van der Waals surface area contributed by atoms with Crippen LogP contribution in [0.1, 0.15) is 0 Å². The van der Waals surface area contributed by atoms with E-state index < -0.39 is 10.0 Å². The van der Waals surface area contributed by atoms with Crippen molar-refractivity contribution >= 4 is 50.3 Å². The molecule has 2 N–H and O–H groups in total. The first-order valence-corrected chi connectivity index (χ1v) is 10.7. The van der Waals surface area contributed by atoms with E-state index in [1.165, 1.54) is 23.5 Å². The summed E-state index contributed by atoms with van der Waals surface area (Å²) in [6.07, 6.45) is 0. The highest BCUT2D eigenvalue weighted by Crippen LogP contribution is 2.29. The Hall–Kier alpha value is -1.91.